The molecule has 0 aromatic heterocycles. The SMILES string of the molecule is C=c1cccc/c1=C(\C(=O)O)c1ccccc1C. The van der Waals surface area contributed by atoms with Gasteiger partial charge in [0.05, 0.1) is 5.57 Å². The fraction of sp³-hybridized carbons (Fsp3) is 0.0625. The van der Waals surface area contributed by atoms with Crippen molar-refractivity contribution < 1.29 is 9.90 Å². The summed E-state index contributed by atoms with van der Waals surface area (Å²) in [4.78, 5) is 11.5. The van der Waals surface area contributed by atoms with Gasteiger partial charge in [-0.05, 0) is 28.5 Å². The first-order valence-electron chi connectivity index (χ1n) is 5.69. The fourth-order valence-electron chi connectivity index (χ4n) is 1.99. The summed E-state index contributed by atoms with van der Waals surface area (Å²) in [5.41, 5.74) is 1.98. The number of aliphatic carboxylic acids is 1. The van der Waals surface area contributed by atoms with Crippen LogP contribution in [0.15, 0.2) is 48.5 Å². The molecule has 0 saturated carbocycles. The predicted octanol–water partition coefficient (Wildman–Crippen LogP) is 1.69. The van der Waals surface area contributed by atoms with Crippen molar-refractivity contribution >= 4 is 18.1 Å². The molecule has 0 heterocycles. The lowest BCUT2D eigenvalue weighted by molar-refractivity contribution is -0.130. The average molecular weight is 238 g/mol. The van der Waals surface area contributed by atoms with E-state index in [1.165, 1.54) is 0 Å². The second-order valence-corrected chi connectivity index (χ2v) is 4.15. The molecule has 2 rings (SSSR count). The molecule has 2 aromatic rings. The molecular weight excluding hydrogens is 224 g/mol. The summed E-state index contributed by atoms with van der Waals surface area (Å²) < 4.78 is 0. The molecule has 0 atom stereocenters. The van der Waals surface area contributed by atoms with E-state index in [1.54, 1.807) is 6.07 Å². The largest absolute Gasteiger partial charge is 0.478 e. The molecule has 0 unspecified atom stereocenters. The maximum Gasteiger partial charge on any atom is 0.336 e. The second-order valence-electron chi connectivity index (χ2n) is 4.15. The molecule has 0 saturated heterocycles. The van der Waals surface area contributed by atoms with Gasteiger partial charge in [-0.15, -0.1) is 0 Å². The first kappa shape index (κ1) is 12.1. The van der Waals surface area contributed by atoms with Gasteiger partial charge in [-0.2, -0.15) is 0 Å². The van der Waals surface area contributed by atoms with Crippen LogP contribution >= 0.6 is 0 Å². The summed E-state index contributed by atoms with van der Waals surface area (Å²) in [5, 5.41) is 10.9. The van der Waals surface area contributed by atoms with Crippen LogP contribution in [0.1, 0.15) is 11.1 Å². The molecule has 18 heavy (non-hydrogen) atoms. The first-order valence-corrected chi connectivity index (χ1v) is 5.69. The monoisotopic (exact) mass is 238 g/mol. The molecule has 0 aliphatic heterocycles. The molecule has 2 heteroatoms. The standard InChI is InChI=1S/C16H14O2/c1-11-7-3-5-9-13(11)15(16(17)18)14-10-6-4-8-12(14)2/h3-10H,1H2,2H3,(H,17,18)/b15-13+. The third-order valence-corrected chi connectivity index (χ3v) is 2.91. The van der Waals surface area contributed by atoms with Gasteiger partial charge in [0.2, 0.25) is 0 Å². The number of hydrogen-bond acceptors (Lipinski definition) is 1. The predicted molar refractivity (Wildman–Crippen MR) is 72.5 cm³/mol. The molecule has 0 aliphatic carbocycles. The Balaban J connectivity index is 2.90. The highest BCUT2D eigenvalue weighted by Crippen LogP contribution is 2.15. The molecule has 0 radical (unpaired) electrons. The van der Waals surface area contributed by atoms with E-state index in [9.17, 15) is 9.90 Å². The number of rotatable bonds is 2. The molecule has 0 bridgehead atoms. The van der Waals surface area contributed by atoms with Gasteiger partial charge in [0.25, 0.3) is 0 Å². The number of carbonyl (C=O) groups is 1. The highest BCUT2D eigenvalue weighted by molar-refractivity contribution is 6.15. The summed E-state index contributed by atoms with van der Waals surface area (Å²) in [5.74, 6) is -0.930. The van der Waals surface area contributed by atoms with Gasteiger partial charge in [0, 0.05) is 0 Å². The van der Waals surface area contributed by atoms with E-state index in [2.05, 4.69) is 6.58 Å². The molecule has 90 valence electrons. The Morgan fingerprint density at radius 3 is 2.28 bits per heavy atom. The van der Waals surface area contributed by atoms with Gasteiger partial charge in [0.1, 0.15) is 0 Å². The maximum atomic E-state index is 11.5. The molecule has 0 aliphatic rings. The zero-order valence-electron chi connectivity index (χ0n) is 10.2. The van der Waals surface area contributed by atoms with Crippen LogP contribution in [0, 0.1) is 6.92 Å². The normalized spacial score (nSPS) is 12.1. The fourth-order valence-corrected chi connectivity index (χ4v) is 1.99. The van der Waals surface area contributed by atoms with Crippen LogP contribution in [0.25, 0.3) is 12.2 Å². The molecule has 2 aromatic carbocycles. The van der Waals surface area contributed by atoms with E-state index in [1.807, 2.05) is 49.4 Å². The van der Waals surface area contributed by atoms with Crippen molar-refractivity contribution in [3.8, 4) is 0 Å². The number of carboxylic acid groups (broad SMARTS) is 1. The van der Waals surface area contributed by atoms with Gasteiger partial charge in [-0.1, -0.05) is 55.1 Å². The Morgan fingerprint density at radius 1 is 1.06 bits per heavy atom. The number of aryl methyl sites for hydroxylation is 1. The van der Waals surface area contributed by atoms with Crippen LogP contribution in [0.3, 0.4) is 0 Å². The maximum absolute atomic E-state index is 11.5. The second kappa shape index (κ2) is 4.88. The van der Waals surface area contributed by atoms with E-state index in [0.29, 0.717) is 10.8 Å². The molecular formula is C16H14O2. The Labute approximate surface area is 106 Å². The van der Waals surface area contributed by atoms with Crippen LogP contribution in [-0.4, -0.2) is 11.1 Å². The van der Waals surface area contributed by atoms with Crippen LogP contribution in [0.2, 0.25) is 0 Å². The Hall–Kier alpha value is -2.35. The van der Waals surface area contributed by atoms with Crippen LogP contribution in [-0.2, 0) is 4.79 Å². The van der Waals surface area contributed by atoms with Crippen LogP contribution < -0.4 is 10.4 Å². The highest BCUT2D eigenvalue weighted by atomic mass is 16.4. The van der Waals surface area contributed by atoms with E-state index < -0.39 is 5.97 Å². The Morgan fingerprint density at radius 2 is 1.67 bits per heavy atom. The zero-order chi connectivity index (χ0) is 13.1. The summed E-state index contributed by atoms with van der Waals surface area (Å²) >= 11 is 0. The summed E-state index contributed by atoms with van der Waals surface area (Å²) in [7, 11) is 0. The summed E-state index contributed by atoms with van der Waals surface area (Å²) in [6, 6.07) is 14.8. The van der Waals surface area contributed by atoms with Crippen molar-refractivity contribution in [2.24, 2.45) is 0 Å². The van der Waals surface area contributed by atoms with Gasteiger partial charge >= 0.3 is 5.97 Å². The van der Waals surface area contributed by atoms with Crippen LogP contribution in [0.5, 0.6) is 0 Å². The number of carboxylic acids is 1. The highest BCUT2D eigenvalue weighted by Gasteiger charge is 2.13. The van der Waals surface area contributed by atoms with Gasteiger partial charge in [-0.25, -0.2) is 4.79 Å². The molecule has 0 amide bonds. The van der Waals surface area contributed by atoms with E-state index in [4.69, 9.17) is 0 Å². The smallest absolute Gasteiger partial charge is 0.336 e. The Kier molecular flexibility index (Phi) is 3.28. The number of hydrogen-bond donors (Lipinski definition) is 1. The lowest BCUT2D eigenvalue weighted by Gasteiger charge is -2.06. The van der Waals surface area contributed by atoms with Crippen molar-refractivity contribution in [1.29, 1.82) is 0 Å². The van der Waals surface area contributed by atoms with Gasteiger partial charge < -0.3 is 5.11 Å². The van der Waals surface area contributed by atoms with Crippen molar-refractivity contribution in [2.45, 2.75) is 6.92 Å². The molecule has 2 nitrogen and oxygen atoms in total. The van der Waals surface area contributed by atoms with E-state index in [0.717, 1.165) is 16.3 Å². The molecule has 0 fully saturated rings. The Bertz CT molecular complexity index is 699. The minimum absolute atomic E-state index is 0.304. The lowest BCUT2D eigenvalue weighted by atomic mass is 9.98. The van der Waals surface area contributed by atoms with E-state index >= 15 is 0 Å². The summed E-state index contributed by atoms with van der Waals surface area (Å²) in [6.07, 6.45) is 0. The first-order chi connectivity index (χ1) is 8.61. The quantitative estimate of drug-likeness (QED) is 0.864. The van der Waals surface area contributed by atoms with Crippen molar-refractivity contribution in [2.75, 3.05) is 0 Å². The number of benzene rings is 2. The lowest BCUT2D eigenvalue weighted by Crippen LogP contribution is -2.28. The summed E-state index contributed by atoms with van der Waals surface area (Å²) in [6.45, 7) is 5.80. The minimum atomic E-state index is -0.930. The topological polar surface area (TPSA) is 37.3 Å². The third kappa shape index (κ3) is 2.18. The average Bonchev–Trinajstić information content (AvgIpc) is 2.34. The molecule has 0 spiro atoms. The van der Waals surface area contributed by atoms with Crippen molar-refractivity contribution in [3.63, 3.8) is 0 Å². The van der Waals surface area contributed by atoms with E-state index in [-0.39, 0.29) is 0 Å². The van der Waals surface area contributed by atoms with Crippen LogP contribution in [0.4, 0.5) is 0 Å². The molecule has 1 N–H and O–H groups in total. The van der Waals surface area contributed by atoms with Gasteiger partial charge in [0.15, 0.2) is 0 Å². The zero-order valence-corrected chi connectivity index (χ0v) is 10.2. The van der Waals surface area contributed by atoms with Crippen molar-refractivity contribution in [1.82, 2.24) is 0 Å². The van der Waals surface area contributed by atoms with Gasteiger partial charge in [-0.3, -0.25) is 0 Å². The third-order valence-electron chi connectivity index (χ3n) is 2.91. The van der Waals surface area contributed by atoms with Crippen molar-refractivity contribution in [3.05, 3.63) is 70.1 Å². The minimum Gasteiger partial charge on any atom is -0.478 e.